The van der Waals surface area contributed by atoms with Crippen LogP contribution in [0.4, 0.5) is 0 Å². The Hall–Kier alpha value is -1.02. The molecule has 0 aliphatic rings. The van der Waals surface area contributed by atoms with E-state index in [9.17, 15) is 0 Å². The van der Waals surface area contributed by atoms with Gasteiger partial charge in [0, 0.05) is 11.8 Å². The maximum atomic E-state index is 5.86. The van der Waals surface area contributed by atoms with E-state index in [1.165, 1.54) is 0 Å². The molecule has 0 bridgehead atoms. The van der Waals surface area contributed by atoms with Crippen molar-refractivity contribution < 1.29 is 4.74 Å². The molecule has 0 saturated heterocycles. The summed E-state index contributed by atoms with van der Waals surface area (Å²) in [7, 11) is 1.59. The molecule has 3 heteroatoms. The summed E-state index contributed by atoms with van der Waals surface area (Å²) >= 11 is 5.86. The summed E-state index contributed by atoms with van der Waals surface area (Å²) in [4.78, 5) is 4.04. The smallest absolute Gasteiger partial charge is 0.132 e. The molecule has 0 atom stereocenters. The number of hydrogen-bond acceptors (Lipinski definition) is 2. The van der Waals surface area contributed by atoms with Gasteiger partial charge in [0.1, 0.15) is 10.9 Å². The van der Waals surface area contributed by atoms with Gasteiger partial charge in [0.2, 0.25) is 0 Å². The van der Waals surface area contributed by atoms with Crippen molar-refractivity contribution in [2.75, 3.05) is 7.11 Å². The minimum absolute atomic E-state index is 0.551. The number of nitrogens with zero attached hydrogens (tertiary/aromatic N) is 1. The SMILES string of the molecule is C=C(OC)c1cnc(Cl)c(CC)c1. The number of pyridine rings is 1. The zero-order valence-electron chi connectivity index (χ0n) is 7.80. The lowest BCUT2D eigenvalue weighted by Gasteiger charge is -2.06. The summed E-state index contributed by atoms with van der Waals surface area (Å²) in [6.07, 6.45) is 2.52. The van der Waals surface area contributed by atoms with Crippen LogP contribution in [0.25, 0.3) is 5.76 Å². The van der Waals surface area contributed by atoms with Crippen LogP contribution in [0, 0.1) is 0 Å². The number of aromatic nitrogens is 1. The van der Waals surface area contributed by atoms with Gasteiger partial charge in [-0.3, -0.25) is 0 Å². The van der Waals surface area contributed by atoms with Crippen molar-refractivity contribution in [2.24, 2.45) is 0 Å². The molecule has 13 heavy (non-hydrogen) atoms. The van der Waals surface area contributed by atoms with Crippen LogP contribution < -0.4 is 0 Å². The fourth-order valence-corrected chi connectivity index (χ4v) is 1.25. The molecule has 2 nitrogen and oxygen atoms in total. The summed E-state index contributed by atoms with van der Waals surface area (Å²) in [6.45, 7) is 5.77. The molecule has 0 fully saturated rings. The van der Waals surface area contributed by atoms with Crippen molar-refractivity contribution >= 4 is 17.4 Å². The monoisotopic (exact) mass is 197 g/mol. The van der Waals surface area contributed by atoms with Crippen molar-refractivity contribution in [3.63, 3.8) is 0 Å². The first-order valence-electron chi connectivity index (χ1n) is 4.06. The van der Waals surface area contributed by atoms with Gasteiger partial charge in [-0.2, -0.15) is 0 Å². The fourth-order valence-electron chi connectivity index (χ4n) is 1.01. The first-order chi connectivity index (χ1) is 6.19. The van der Waals surface area contributed by atoms with Gasteiger partial charge in [-0.1, -0.05) is 25.1 Å². The molecule has 0 amide bonds. The minimum Gasteiger partial charge on any atom is -0.497 e. The van der Waals surface area contributed by atoms with Crippen LogP contribution in [-0.4, -0.2) is 12.1 Å². The molecule has 0 aromatic carbocycles. The molecule has 0 radical (unpaired) electrons. The lowest BCUT2D eigenvalue weighted by atomic mass is 10.1. The molecular weight excluding hydrogens is 186 g/mol. The Balaban J connectivity index is 3.06. The second kappa shape index (κ2) is 4.28. The Bertz CT molecular complexity index is 323. The molecule has 0 aliphatic carbocycles. The maximum Gasteiger partial charge on any atom is 0.132 e. The average molecular weight is 198 g/mol. The number of rotatable bonds is 3. The van der Waals surface area contributed by atoms with Crippen LogP contribution in [0.5, 0.6) is 0 Å². The number of aryl methyl sites for hydroxylation is 1. The lowest BCUT2D eigenvalue weighted by Crippen LogP contribution is -1.92. The second-order valence-corrected chi connectivity index (χ2v) is 3.01. The summed E-state index contributed by atoms with van der Waals surface area (Å²) in [5.41, 5.74) is 1.89. The van der Waals surface area contributed by atoms with Crippen LogP contribution in [0.2, 0.25) is 5.15 Å². The Labute approximate surface area is 83.2 Å². The summed E-state index contributed by atoms with van der Waals surface area (Å²) in [6, 6.07) is 1.95. The maximum absolute atomic E-state index is 5.86. The van der Waals surface area contributed by atoms with Gasteiger partial charge < -0.3 is 4.74 Å². The number of methoxy groups -OCH3 is 1. The Morgan fingerprint density at radius 2 is 2.38 bits per heavy atom. The molecule has 0 aliphatic heterocycles. The van der Waals surface area contributed by atoms with Gasteiger partial charge in [0.15, 0.2) is 0 Å². The highest BCUT2D eigenvalue weighted by molar-refractivity contribution is 6.30. The molecular formula is C10H12ClNO. The number of ether oxygens (including phenoxy) is 1. The molecule has 0 saturated carbocycles. The first kappa shape index (κ1) is 10.1. The first-order valence-corrected chi connectivity index (χ1v) is 4.44. The van der Waals surface area contributed by atoms with E-state index in [0.717, 1.165) is 17.5 Å². The van der Waals surface area contributed by atoms with Crippen molar-refractivity contribution in [1.29, 1.82) is 0 Å². The normalized spacial score (nSPS) is 9.77. The van der Waals surface area contributed by atoms with E-state index in [1.807, 2.05) is 13.0 Å². The fraction of sp³-hybridized carbons (Fsp3) is 0.300. The van der Waals surface area contributed by atoms with E-state index in [1.54, 1.807) is 13.3 Å². The predicted molar refractivity (Wildman–Crippen MR) is 54.7 cm³/mol. The summed E-state index contributed by atoms with van der Waals surface area (Å²) < 4.78 is 5.00. The Morgan fingerprint density at radius 3 is 2.92 bits per heavy atom. The van der Waals surface area contributed by atoms with Gasteiger partial charge in [-0.15, -0.1) is 0 Å². The van der Waals surface area contributed by atoms with Gasteiger partial charge >= 0.3 is 0 Å². The van der Waals surface area contributed by atoms with Crippen LogP contribution in [0.1, 0.15) is 18.1 Å². The standard InChI is InChI=1S/C10H12ClNO/c1-4-8-5-9(7(2)13-3)6-12-10(8)11/h5-6H,2,4H2,1,3H3. The van der Waals surface area contributed by atoms with Crippen LogP contribution in [0.3, 0.4) is 0 Å². The molecule has 0 spiro atoms. The van der Waals surface area contributed by atoms with Crippen LogP contribution in [0.15, 0.2) is 18.8 Å². The molecule has 1 heterocycles. The lowest BCUT2D eigenvalue weighted by molar-refractivity contribution is 0.371. The second-order valence-electron chi connectivity index (χ2n) is 2.65. The number of hydrogen-bond donors (Lipinski definition) is 0. The highest BCUT2D eigenvalue weighted by Gasteiger charge is 2.03. The van der Waals surface area contributed by atoms with Gasteiger partial charge in [-0.25, -0.2) is 4.98 Å². The Kier molecular flexibility index (Phi) is 3.32. The van der Waals surface area contributed by atoms with Gasteiger partial charge in [-0.05, 0) is 18.1 Å². The molecule has 1 aromatic heterocycles. The quantitative estimate of drug-likeness (QED) is 0.549. The topological polar surface area (TPSA) is 22.1 Å². The molecule has 0 N–H and O–H groups in total. The van der Waals surface area contributed by atoms with E-state index in [4.69, 9.17) is 16.3 Å². The molecule has 1 rings (SSSR count). The zero-order chi connectivity index (χ0) is 9.84. The third kappa shape index (κ3) is 2.22. The molecule has 1 aromatic rings. The van der Waals surface area contributed by atoms with Crippen LogP contribution in [-0.2, 0) is 11.2 Å². The van der Waals surface area contributed by atoms with E-state index in [-0.39, 0.29) is 0 Å². The highest BCUT2D eigenvalue weighted by atomic mass is 35.5. The molecule has 70 valence electrons. The van der Waals surface area contributed by atoms with Crippen molar-refractivity contribution in [2.45, 2.75) is 13.3 Å². The third-order valence-electron chi connectivity index (χ3n) is 1.86. The average Bonchev–Trinajstić information content (AvgIpc) is 2.17. The van der Waals surface area contributed by atoms with Gasteiger partial charge in [0.25, 0.3) is 0 Å². The van der Waals surface area contributed by atoms with E-state index in [2.05, 4.69) is 11.6 Å². The minimum atomic E-state index is 0.551. The van der Waals surface area contributed by atoms with Crippen LogP contribution >= 0.6 is 11.6 Å². The van der Waals surface area contributed by atoms with Crippen molar-refractivity contribution in [1.82, 2.24) is 4.98 Å². The predicted octanol–water partition coefficient (Wildman–Crippen LogP) is 2.91. The van der Waals surface area contributed by atoms with Crippen molar-refractivity contribution in [3.8, 4) is 0 Å². The largest absolute Gasteiger partial charge is 0.497 e. The summed E-state index contributed by atoms with van der Waals surface area (Å²) in [5, 5.41) is 0.551. The van der Waals surface area contributed by atoms with Crippen molar-refractivity contribution in [3.05, 3.63) is 35.1 Å². The summed E-state index contributed by atoms with van der Waals surface area (Å²) in [5.74, 6) is 0.610. The van der Waals surface area contributed by atoms with Gasteiger partial charge in [0.05, 0.1) is 7.11 Å². The molecule has 0 unspecified atom stereocenters. The highest BCUT2D eigenvalue weighted by Crippen LogP contribution is 2.19. The van der Waals surface area contributed by atoms with E-state index in [0.29, 0.717) is 10.9 Å². The number of halogens is 1. The third-order valence-corrected chi connectivity index (χ3v) is 2.20. The van der Waals surface area contributed by atoms with E-state index < -0.39 is 0 Å². The zero-order valence-corrected chi connectivity index (χ0v) is 8.56. The van der Waals surface area contributed by atoms with E-state index >= 15 is 0 Å². The Morgan fingerprint density at radius 1 is 1.69 bits per heavy atom.